The fraction of sp³-hybridized carbons (Fsp3) is 0.0952. The Kier molecular flexibility index (Phi) is 5.38. The maximum Gasteiger partial charge on any atom is 0.261 e. The molecule has 1 amide bonds. The van der Waals surface area contributed by atoms with E-state index < -0.39 is 21.9 Å². The van der Waals surface area contributed by atoms with Gasteiger partial charge in [0, 0.05) is 17.4 Å². The summed E-state index contributed by atoms with van der Waals surface area (Å²) in [5.41, 5.74) is 1.30. The van der Waals surface area contributed by atoms with Gasteiger partial charge in [0.2, 0.25) is 0 Å². The second-order valence-electron chi connectivity index (χ2n) is 6.82. The summed E-state index contributed by atoms with van der Waals surface area (Å²) in [6.07, 6.45) is 1.81. The van der Waals surface area contributed by atoms with Crippen LogP contribution in [0.2, 0.25) is 0 Å². The van der Waals surface area contributed by atoms with Crippen LogP contribution < -0.4 is 10.0 Å². The normalized spacial score (nSPS) is 12.5. The number of amides is 1. The molecule has 31 heavy (non-hydrogen) atoms. The van der Waals surface area contributed by atoms with Crippen molar-refractivity contribution in [1.82, 2.24) is 19.9 Å². The van der Waals surface area contributed by atoms with Gasteiger partial charge in [0.1, 0.15) is 5.82 Å². The molecule has 0 radical (unpaired) electrons. The lowest BCUT2D eigenvalue weighted by molar-refractivity contribution is 0.0938. The van der Waals surface area contributed by atoms with Gasteiger partial charge in [-0.3, -0.25) is 13.9 Å². The van der Waals surface area contributed by atoms with Crippen molar-refractivity contribution in [3.8, 4) is 0 Å². The largest absolute Gasteiger partial charge is 0.342 e. The van der Waals surface area contributed by atoms with Gasteiger partial charge in [-0.1, -0.05) is 6.07 Å². The molecule has 0 spiro atoms. The zero-order valence-corrected chi connectivity index (χ0v) is 17.2. The molecule has 0 bridgehead atoms. The second kappa shape index (κ2) is 8.15. The first-order valence-electron chi connectivity index (χ1n) is 9.32. The molecule has 10 heteroatoms. The standard InChI is InChI=1S/C21H18FN5O3S/c1-14(20-25-24-19-4-2-3-13-27(19)20)23-21(28)15-5-9-17(10-6-15)26-31(29,30)18-11-7-16(22)8-12-18/h2-14,26H,1H3,(H,23,28). The van der Waals surface area contributed by atoms with Crippen LogP contribution in [-0.4, -0.2) is 28.9 Å². The third-order valence-electron chi connectivity index (χ3n) is 4.60. The summed E-state index contributed by atoms with van der Waals surface area (Å²) in [4.78, 5) is 12.5. The fourth-order valence-corrected chi connectivity index (χ4v) is 4.08. The van der Waals surface area contributed by atoms with Crippen LogP contribution in [0.1, 0.15) is 29.1 Å². The molecule has 0 saturated carbocycles. The van der Waals surface area contributed by atoms with Crippen molar-refractivity contribution >= 4 is 27.3 Å². The average molecular weight is 439 g/mol. The Morgan fingerprint density at radius 2 is 1.71 bits per heavy atom. The monoisotopic (exact) mass is 439 g/mol. The summed E-state index contributed by atoms with van der Waals surface area (Å²) in [5.74, 6) is -0.275. The lowest BCUT2D eigenvalue weighted by atomic mass is 10.2. The second-order valence-corrected chi connectivity index (χ2v) is 8.50. The molecule has 1 unspecified atom stereocenters. The van der Waals surface area contributed by atoms with Gasteiger partial charge in [-0.05, 0) is 67.6 Å². The van der Waals surface area contributed by atoms with Gasteiger partial charge in [0.25, 0.3) is 15.9 Å². The topological polar surface area (TPSA) is 105 Å². The summed E-state index contributed by atoms with van der Waals surface area (Å²) < 4.78 is 42.0. The fourth-order valence-electron chi connectivity index (χ4n) is 3.02. The molecule has 158 valence electrons. The number of nitrogens with one attached hydrogen (secondary N) is 2. The number of aromatic nitrogens is 3. The van der Waals surface area contributed by atoms with Gasteiger partial charge in [-0.2, -0.15) is 0 Å². The predicted molar refractivity (Wildman–Crippen MR) is 113 cm³/mol. The minimum Gasteiger partial charge on any atom is -0.342 e. The van der Waals surface area contributed by atoms with Gasteiger partial charge < -0.3 is 5.32 Å². The lowest BCUT2D eigenvalue weighted by Crippen LogP contribution is -2.28. The molecule has 4 aromatic rings. The van der Waals surface area contributed by atoms with Crippen molar-refractivity contribution in [2.24, 2.45) is 0 Å². The number of nitrogens with zero attached hydrogens (tertiary/aromatic N) is 3. The number of carbonyl (C=O) groups is 1. The minimum atomic E-state index is -3.87. The number of fused-ring (bicyclic) bond motifs is 1. The number of benzene rings is 2. The number of carbonyl (C=O) groups excluding carboxylic acids is 1. The van der Waals surface area contributed by atoms with E-state index in [0.717, 1.165) is 12.1 Å². The van der Waals surface area contributed by atoms with Crippen LogP contribution in [0.5, 0.6) is 0 Å². The van der Waals surface area contributed by atoms with Crippen LogP contribution in [0, 0.1) is 5.82 Å². The van der Waals surface area contributed by atoms with Gasteiger partial charge in [0.15, 0.2) is 11.5 Å². The van der Waals surface area contributed by atoms with E-state index in [4.69, 9.17) is 0 Å². The molecular formula is C21H18FN5O3S. The summed E-state index contributed by atoms with van der Waals surface area (Å²) in [6, 6.07) is 15.6. The molecule has 4 rings (SSSR count). The highest BCUT2D eigenvalue weighted by atomic mass is 32.2. The lowest BCUT2D eigenvalue weighted by Gasteiger charge is -2.13. The van der Waals surface area contributed by atoms with E-state index in [-0.39, 0.29) is 16.5 Å². The van der Waals surface area contributed by atoms with Crippen molar-refractivity contribution in [3.63, 3.8) is 0 Å². The van der Waals surface area contributed by atoms with E-state index in [1.54, 1.807) is 11.3 Å². The molecule has 2 aromatic carbocycles. The van der Waals surface area contributed by atoms with Crippen molar-refractivity contribution in [3.05, 3.63) is 90.1 Å². The summed E-state index contributed by atoms with van der Waals surface area (Å²) in [5, 5.41) is 11.1. The van der Waals surface area contributed by atoms with E-state index in [1.165, 1.54) is 36.4 Å². The maximum absolute atomic E-state index is 13.0. The number of sulfonamides is 1. The minimum absolute atomic E-state index is 0.0647. The quantitative estimate of drug-likeness (QED) is 0.480. The highest BCUT2D eigenvalue weighted by Crippen LogP contribution is 2.18. The average Bonchev–Trinajstić information content (AvgIpc) is 3.18. The van der Waals surface area contributed by atoms with Gasteiger partial charge >= 0.3 is 0 Å². The highest BCUT2D eigenvalue weighted by molar-refractivity contribution is 7.92. The third kappa shape index (κ3) is 4.38. The molecule has 0 aliphatic heterocycles. The Bertz CT molecular complexity index is 1340. The first-order valence-corrected chi connectivity index (χ1v) is 10.8. The number of hydrogen-bond donors (Lipinski definition) is 2. The zero-order valence-electron chi connectivity index (χ0n) is 16.4. The highest BCUT2D eigenvalue weighted by Gasteiger charge is 2.18. The van der Waals surface area contributed by atoms with Gasteiger partial charge in [-0.25, -0.2) is 12.8 Å². The Hall–Kier alpha value is -3.79. The van der Waals surface area contributed by atoms with Crippen molar-refractivity contribution in [2.75, 3.05) is 4.72 Å². The zero-order chi connectivity index (χ0) is 22.0. The number of anilines is 1. The first kappa shape index (κ1) is 20.5. The van der Waals surface area contributed by atoms with E-state index in [9.17, 15) is 17.6 Å². The first-order chi connectivity index (χ1) is 14.8. The number of rotatable bonds is 6. The molecule has 2 aromatic heterocycles. The Labute approximate surface area is 177 Å². The van der Waals surface area contributed by atoms with Crippen molar-refractivity contribution < 1.29 is 17.6 Å². The van der Waals surface area contributed by atoms with E-state index in [1.807, 2.05) is 24.4 Å². The van der Waals surface area contributed by atoms with Gasteiger partial charge in [0.05, 0.1) is 10.9 Å². The van der Waals surface area contributed by atoms with Crippen LogP contribution in [0.4, 0.5) is 10.1 Å². The molecule has 1 atom stereocenters. The van der Waals surface area contributed by atoms with Crippen molar-refractivity contribution in [2.45, 2.75) is 17.9 Å². The predicted octanol–water partition coefficient (Wildman–Crippen LogP) is 3.16. The number of pyridine rings is 1. The third-order valence-corrected chi connectivity index (χ3v) is 6.00. The molecular weight excluding hydrogens is 421 g/mol. The van der Waals surface area contributed by atoms with E-state index in [0.29, 0.717) is 17.0 Å². The number of halogens is 1. The summed E-state index contributed by atoms with van der Waals surface area (Å²) in [6.45, 7) is 1.80. The summed E-state index contributed by atoms with van der Waals surface area (Å²) >= 11 is 0. The maximum atomic E-state index is 13.0. The van der Waals surface area contributed by atoms with Crippen LogP contribution >= 0.6 is 0 Å². The molecule has 0 fully saturated rings. The van der Waals surface area contributed by atoms with Crippen molar-refractivity contribution in [1.29, 1.82) is 0 Å². The Morgan fingerprint density at radius 3 is 2.42 bits per heavy atom. The SMILES string of the molecule is CC(NC(=O)c1ccc(NS(=O)(=O)c2ccc(F)cc2)cc1)c1nnc2ccccn12. The smallest absolute Gasteiger partial charge is 0.261 e. The number of hydrogen-bond acceptors (Lipinski definition) is 5. The van der Waals surface area contributed by atoms with Crippen LogP contribution in [0.25, 0.3) is 5.65 Å². The Morgan fingerprint density at radius 1 is 1.00 bits per heavy atom. The van der Waals surface area contributed by atoms with Gasteiger partial charge in [-0.15, -0.1) is 10.2 Å². The molecule has 0 saturated heterocycles. The summed E-state index contributed by atoms with van der Waals surface area (Å²) in [7, 11) is -3.87. The molecule has 0 aliphatic carbocycles. The molecule has 2 N–H and O–H groups in total. The molecule has 8 nitrogen and oxygen atoms in total. The molecule has 2 heterocycles. The Balaban J connectivity index is 1.45. The molecule has 0 aliphatic rings. The van der Waals surface area contributed by atoms with Crippen LogP contribution in [0.3, 0.4) is 0 Å². The van der Waals surface area contributed by atoms with Crippen LogP contribution in [-0.2, 0) is 10.0 Å². The van der Waals surface area contributed by atoms with E-state index in [2.05, 4.69) is 20.2 Å². The van der Waals surface area contributed by atoms with E-state index >= 15 is 0 Å². The van der Waals surface area contributed by atoms with Crippen LogP contribution in [0.15, 0.2) is 77.8 Å².